The van der Waals surface area contributed by atoms with E-state index in [1.807, 2.05) is 27.7 Å². The maximum absolute atomic E-state index is 14.1. The molecule has 0 amide bonds. The summed E-state index contributed by atoms with van der Waals surface area (Å²) in [5.41, 5.74) is -0.751. The fourth-order valence-corrected chi connectivity index (χ4v) is 2.81. The summed E-state index contributed by atoms with van der Waals surface area (Å²) in [6.07, 6.45) is 1.40. The second kappa shape index (κ2) is 7.09. The highest BCUT2D eigenvalue weighted by atomic mass is 32.2. The van der Waals surface area contributed by atoms with Gasteiger partial charge in [0.05, 0.1) is 11.2 Å². The van der Waals surface area contributed by atoms with Gasteiger partial charge in [-0.1, -0.05) is 17.8 Å². The lowest BCUT2D eigenvalue weighted by atomic mass is 9.78. The number of carbonyl (C=O) groups excluding carboxylic acids is 1. The molecule has 0 unspecified atom stereocenters. The van der Waals surface area contributed by atoms with Crippen LogP contribution in [-0.2, 0) is 14.1 Å². The molecule has 1 heterocycles. The van der Waals surface area contributed by atoms with Gasteiger partial charge in [-0.05, 0) is 45.3 Å². The Labute approximate surface area is 150 Å². The van der Waals surface area contributed by atoms with Crippen LogP contribution in [0, 0.1) is 11.6 Å². The van der Waals surface area contributed by atoms with Crippen LogP contribution in [0.25, 0.3) is 6.08 Å². The van der Waals surface area contributed by atoms with E-state index < -0.39 is 35.7 Å². The van der Waals surface area contributed by atoms with Gasteiger partial charge < -0.3 is 14.4 Å². The second-order valence-corrected chi connectivity index (χ2v) is 8.04. The average Bonchev–Trinajstić information content (AvgIpc) is 2.71. The van der Waals surface area contributed by atoms with Crippen molar-refractivity contribution in [1.82, 2.24) is 0 Å². The Morgan fingerprint density at radius 2 is 1.76 bits per heavy atom. The van der Waals surface area contributed by atoms with Crippen LogP contribution in [0.3, 0.4) is 0 Å². The number of halogens is 2. The predicted molar refractivity (Wildman–Crippen MR) is 95.2 cm³/mol. The summed E-state index contributed by atoms with van der Waals surface area (Å²) in [6.45, 7) is 8.94. The molecule has 2 rings (SSSR count). The minimum absolute atomic E-state index is 0.0517. The van der Waals surface area contributed by atoms with Gasteiger partial charge in [0.2, 0.25) is 5.82 Å². The standard InChI is InChI=1S/C17H21BF2O4S/c1-10(21)25-9-12(18-23-16(2,3)17(4,5)24-18)8-11-6-7-13(22)15(20)14(11)19/h6-8,22H,9H2,1-5H3. The van der Waals surface area contributed by atoms with Crippen LogP contribution in [0.5, 0.6) is 5.75 Å². The zero-order valence-corrected chi connectivity index (χ0v) is 15.7. The molecule has 0 bridgehead atoms. The van der Waals surface area contributed by atoms with Crippen molar-refractivity contribution in [1.29, 1.82) is 0 Å². The highest BCUT2D eigenvalue weighted by Gasteiger charge is 2.52. The van der Waals surface area contributed by atoms with E-state index in [2.05, 4.69) is 0 Å². The summed E-state index contributed by atoms with van der Waals surface area (Å²) in [7, 11) is -0.784. The maximum atomic E-state index is 14.1. The lowest BCUT2D eigenvalue weighted by Gasteiger charge is -2.32. The van der Waals surface area contributed by atoms with E-state index in [9.17, 15) is 18.7 Å². The lowest BCUT2D eigenvalue weighted by Crippen LogP contribution is -2.41. The van der Waals surface area contributed by atoms with Crippen LogP contribution in [0.15, 0.2) is 17.6 Å². The number of phenolic OH excluding ortho intramolecular Hbond substituents is 1. The van der Waals surface area contributed by atoms with Crippen LogP contribution in [-0.4, -0.2) is 34.3 Å². The third-order valence-electron chi connectivity index (χ3n) is 4.43. The van der Waals surface area contributed by atoms with Crippen LogP contribution in [0.2, 0.25) is 0 Å². The Kier molecular flexibility index (Phi) is 5.66. The van der Waals surface area contributed by atoms with E-state index >= 15 is 0 Å². The Morgan fingerprint density at radius 3 is 2.28 bits per heavy atom. The van der Waals surface area contributed by atoms with E-state index in [0.717, 1.165) is 17.8 Å². The van der Waals surface area contributed by atoms with Crippen molar-refractivity contribution < 1.29 is 28.0 Å². The number of hydrogen-bond donors (Lipinski definition) is 1. The molecule has 0 aliphatic carbocycles. The van der Waals surface area contributed by atoms with Gasteiger partial charge in [0.1, 0.15) is 0 Å². The van der Waals surface area contributed by atoms with E-state index in [1.54, 1.807) is 0 Å². The average molecular weight is 370 g/mol. The number of carbonyl (C=O) groups is 1. The minimum Gasteiger partial charge on any atom is -0.505 e. The third-order valence-corrected chi connectivity index (χ3v) is 5.31. The molecule has 1 aliphatic heterocycles. The largest absolute Gasteiger partial charge is 0.505 e. The topological polar surface area (TPSA) is 55.8 Å². The molecule has 1 N–H and O–H groups in total. The van der Waals surface area contributed by atoms with Crippen LogP contribution < -0.4 is 0 Å². The van der Waals surface area contributed by atoms with E-state index in [1.165, 1.54) is 19.1 Å². The first-order valence-corrected chi connectivity index (χ1v) is 8.79. The van der Waals surface area contributed by atoms with Crippen molar-refractivity contribution in [3.8, 4) is 5.75 Å². The molecule has 1 aromatic rings. The fraction of sp³-hybridized carbons (Fsp3) is 0.471. The van der Waals surface area contributed by atoms with Crippen molar-refractivity contribution in [2.45, 2.75) is 45.8 Å². The number of aromatic hydroxyl groups is 1. The molecule has 0 saturated carbocycles. The second-order valence-electron chi connectivity index (χ2n) is 6.89. The highest BCUT2D eigenvalue weighted by molar-refractivity contribution is 8.13. The molecule has 1 aliphatic rings. The van der Waals surface area contributed by atoms with Gasteiger partial charge in [0.15, 0.2) is 16.7 Å². The smallest absolute Gasteiger partial charge is 0.491 e. The highest BCUT2D eigenvalue weighted by Crippen LogP contribution is 2.39. The fourth-order valence-electron chi connectivity index (χ4n) is 2.22. The first kappa shape index (κ1) is 19.9. The number of phenols is 1. The maximum Gasteiger partial charge on any atom is 0.491 e. The number of hydrogen-bond acceptors (Lipinski definition) is 5. The zero-order chi connectivity index (χ0) is 19.0. The lowest BCUT2D eigenvalue weighted by molar-refractivity contribution is -0.109. The summed E-state index contributed by atoms with van der Waals surface area (Å²) < 4.78 is 39.6. The summed E-state index contributed by atoms with van der Waals surface area (Å²) in [5.74, 6) is -3.03. The molecule has 1 fully saturated rings. The molecule has 25 heavy (non-hydrogen) atoms. The first-order valence-electron chi connectivity index (χ1n) is 7.81. The van der Waals surface area contributed by atoms with Gasteiger partial charge >= 0.3 is 7.12 Å². The number of thioether (sulfide) groups is 1. The van der Waals surface area contributed by atoms with Crippen molar-refractivity contribution in [2.24, 2.45) is 0 Å². The predicted octanol–water partition coefficient (Wildman–Crippen LogP) is 3.96. The molecule has 136 valence electrons. The summed E-state index contributed by atoms with van der Waals surface area (Å²) in [4.78, 5) is 11.3. The molecule has 0 atom stereocenters. The Bertz CT molecular complexity index is 703. The zero-order valence-electron chi connectivity index (χ0n) is 14.9. The van der Waals surface area contributed by atoms with Crippen LogP contribution in [0.4, 0.5) is 8.78 Å². The van der Waals surface area contributed by atoms with Gasteiger partial charge in [-0.25, -0.2) is 4.39 Å². The summed E-state index contributed by atoms with van der Waals surface area (Å²) >= 11 is 1.03. The van der Waals surface area contributed by atoms with Crippen molar-refractivity contribution in [2.75, 3.05) is 5.75 Å². The first-order chi connectivity index (χ1) is 11.4. The van der Waals surface area contributed by atoms with Gasteiger partial charge in [0, 0.05) is 18.2 Å². The van der Waals surface area contributed by atoms with Crippen LogP contribution >= 0.6 is 11.8 Å². The van der Waals surface area contributed by atoms with E-state index in [-0.39, 0.29) is 16.4 Å². The van der Waals surface area contributed by atoms with Gasteiger partial charge in [-0.15, -0.1) is 0 Å². The Morgan fingerprint density at radius 1 is 1.20 bits per heavy atom. The molecule has 8 heteroatoms. The third kappa shape index (κ3) is 4.24. The minimum atomic E-state index is -1.32. The molecule has 0 radical (unpaired) electrons. The van der Waals surface area contributed by atoms with Crippen LogP contribution in [0.1, 0.15) is 40.2 Å². The molecule has 1 saturated heterocycles. The monoisotopic (exact) mass is 370 g/mol. The van der Waals surface area contributed by atoms with Crippen molar-refractivity contribution >= 4 is 30.1 Å². The molecule has 4 nitrogen and oxygen atoms in total. The van der Waals surface area contributed by atoms with Gasteiger partial charge in [-0.3, -0.25) is 4.79 Å². The quantitative estimate of drug-likeness (QED) is 0.813. The summed E-state index contributed by atoms with van der Waals surface area (Å²) in [5, 5.41) is 9.14. The van der Waals surface area contributed by atoms with E-state index in [4.69, 9.17) is 9.31 Å². The molecular formula is C17H21BF2O4S. The SMILES string of the molecule is CC(=O)SCC(=Cc1ccc(O)c(F)c1F)B1OC(C)(C)C(C)(C)O1. The Hall–Kier alpha value is -1.38. The number of rotatable bonds is 4. The Balaban J connectivity index is 2.40. The van der Waals surface area contributed by atoms with Gasteiger partial charge in [0.25, 0.3) is 0 Å². The van der Waals surface area contributed by atoms with Crippen molar-refractivity contribution in [3.05, 3.63) is 34.8 Å². The van der Waals surface area contributed by atoms with Gasteiger partial charge in [-0.2, -0.15) is 4.39 Å². The number of benzene rings is 1. The molecular weight excluding hydrogens is 349 g/mol. The molecule has 1 aromatic carbocycles. The van der Waals surface area contributed by atoms with E-state index in [0.29, 0.717) is 5.47 Å². The molecule has 0 spiro atoms. The molecule has 0 aromatic heterocycles. The van der Waals surface area contributed by atoms with Crippen molar-refractivity contribution in [3.63, 3.8) is 0 Å². The summed E-state index contributed by atoms with van der Waals surface area (Å²) in [6, 6.07) is 2.33. The normalized spacial score (nSPS) is 19.3.